The second-order valence-corrected chi connectivity index (χ2v) is 2.66. The molecule has 1 aromatic rings. The summed E-state index contributed by atoms with van der Waals surface area (Å²) in [4.78, 5) is 0. The minimum atomic E-state index is -4.72. The Hall–Kier alpha value is -1.59. The Labute approximate surface area is 84.8 Å². The average Bonchev–Trinajstić information content (AvgIpc) is 2.15. The highest BCUT2D eigenvalue weighted by atomic mass is 19.4. The smallest absolute Gasteiger partial charge is 0.493 e. The number of methoxy groups -OCH3 is 1. The molecule has 1 aromatic carbocycles. The molecule has 6 heteroatoms. The molecule has 0 radical (unpaired) electrons. The normalized spacial score (nSPS) is 11.0. The van der Waals surface area contributed by atoms with E-state index < -0.39 is 6.36 Å². The van der Waals surface area contributed by atoms with E-state index >= 15 is 0 Å². The summed E-state index contributed by atoms with van der Waals surface area (Å²) in [6, 6.07) is 4.20. The quantitative estimate of drug-likeness (QED) is 0.851. The molecule has 0 spiro atoms. The molecule has 0 saturated carbocycles. The van der Waals surface area contributed by atoms with Gasteiger partial charge in [0.1, 0.15) is 0 Å². The zero-order valence-corrected chi connectivity index (χ0v) is 8.18. The lowest BCUT2D eigenvalue weighted by molar-refractivity contribution is -0.275. The van der Waals surface area contributed by atoms with Crippen molar-refractivity contribution in [1.29, 1.82) is 0 Å². The summed E-state index contributed by atoms with van der Waals surface area (Å²) < 4.78 is 44.5. The summed E-state index contributed by atoms with van der Waals surface area (Å²) in [5.74, 6) is -0.330. The number of hydrogen-bond donors (Lipinski definition) is 1. The SMILES string of the molecule is CNc1ccc(OC)c(OC(F)(F)F)c1. The van der Waals surface area contributed by atoms with Crippen molar-refractivity contribution < 1.29 is 22.6 Å². The van der Waals surface area contributed by atoms with Gasteiger partial charge in [-0.25, -0.2) is 0 Å². The topological polar surface area (TPSA) is 30.5 Å². The summed E-state index contributed by atoms with van der Waals surface area (Å²) in [5, 5.41) is 2.70. The highest BCUT2D eigenvalue weighted by molar-refractivity contribution is 5.54. The standard InChI is InChI=1S/C9H10F3NO2/c1-13-6-3-4-7(14-2)8(5-6)15-9(10,11)12/h3-5,13H,1-2H3. The molecular weight excluding hydrogens is 211 g/mol. The Kier molecular flexibility index (Phi) is 3.28. The lowest BCUT2D eigenvalue weighted by Gasteiger charge is -2.13. The molecule has 0 atom stereocenters. The number of ether oxygens (including phenoxy) is 2. The highest BCUT2D eigenvalue weighted by Crippen LogP contribution is 2.34. The molecule has 0 aromatic heterocycles. The summed E-state index contributed by atoms with van der Waals surface area (Å²) >= 11 is 0. The Morgan fingerprint density at radius 1 is 1.20 bits per heavy atom. The van der Waals surface area contributed by atoms with Gasteiger partial charge in [-0.05, 0) is 12.1 Å². The first kappa shape index (κ1) is 11.5. The Morgan fingerprint density at radius 2 is 1.87 bits per heavy atom. The molecule has 0 heterocycles. The molecule has 0 aliphatic rings. The van der Waals surface area contributed by atoms with E-state index in [1.54, 1.807) is 13.1 Å². The van der Waals surface area contributed by atoms with Crippen LogP contribution in [0.15, 0.2) is 18.2 Å². The van der Waals surface area contributed by atoms with Crippen molar-refractivity contribution >= 4 is 5.69 Å². The summed E-state index contributed by atoms with van der Waals surface area (Å²) in [5.41, 5.74) is 0.509. The van der Waals surface area contributed by atoms with Gasteiger partial charge in [0.25, 0.3) is 0 Å². The third kappa shape index (κ3) is 3.23. The van der Waals surface area contributed by atoms with E-state index in [2.05, 4.69) is 10.1 Å². The van der Waals surface area contributed by atoms with Crippen LogP contribution in [0.25, 0.3) is 0 Å². The zero-order valence-electron chi connectivity index (χ0n) is 8.18. The average molecular weight is 221 g/mol. The van der Waals surface area contributed by atoms with Gasteiger partial charge >= 0.3 is 6.36 Å². The van der Waals surface area contributed by atoms with Gasteiger partial charge in [-0.1, -0.05) is 0 Å². The molecule has 84 valence electrons. The van der Waals surface area contributed by atoms with Crippen molar-refractivity contribution in [3.63, 3.8) is 0 Å². The maximum absolute atomic E-state index is 12.0. The number of alkyl halides is 3. The van der Waals surface area contributed by atoms with E-state index in [0.717, 1.165) is 0 Å². The number of benzene rings is 1. The van der Waals surface area contributed by atoms with Gasteiger partial charge in [-0.3, -0.25) is 0 Å². The predicted molar refractivity (Wildman–Crippen MR) is 49.2 cm³/mol. The molecule has 0 amide bonds. The van der Waals surface area contributed by atoms with Crippen molar-refractivity contribution in [2.75, 3.05) is 19.5 Å². The first-order chi connectivity index (χ1) is 6.96. The number of anilines is 1. The third-order valence-electron chi connectivity index (χ3n) is 1.68. The van der Waals surface area contributed by atoms with Gasteiger partial charge in [0.2, 0.25) is 0 Å². The van der Waals surface area contributed by atoms with Crippen LogP contribution < -0.4 is 14.8 Å². The van der Waals surface area contributed by atoms with Gasteiger partial charge < -0.3 is 14.8 Å². The monoisotopic (exact) mass is 221 g/mol. The molecular formula is C9H10F3NO2. The molecule has 3 nitrogen and oxygen atoms in total. The van der Waals surface area contributed by atoms with E-state index in [1.807, 2.05) is 0 Å². The lowest BCUT2D eigenvalue weighted by atomic mass is 10.3. The second-order valence-electron chi connectivity index (χ2n) is 2.66. The molecule has 1 N–H and O–H groups in total. The second kappa shape index (κ2) is 4.29. The fourth-order valence-corrected chi connectivity index (χ4v) is 1.04. The minimum absolute atomic E-state index is 0.0336. The molecule has 0 aliphatic carbocycles. The highest BCUT2D eigenvalue weighted by Gasteiger charge is 2.32. The molecule has 0 saturated heterocycles. The first-order valence-corrected chi connectivity index (χ1v) is 4.08. The van der Waals surface area contributed by atoms with Crippen molar-refractivity contribution in [2.24, 2.45) is 0 Å². The molecule has 0 unspecified atom stereocenters. The molecule has 0 aliphatic heterocycles. The minimum Gasteiger partial charge on any atom is -0.493 e. The van der Waals surface area contributed by atoms with Crippen molar-refractivity contribution in [3.05, 3.63) is 18.2 Å². The summed E-state index contributed by atoms with van der Waals surface area (Å²) in [6.45, 7) is 0. The van der Waals surface area contributed by atoms with Crippen LogP contribution in [0.1, 0.15) is 0 Å². The third-order valence-corrected chi connectivity index (χ3v) is 1.68. The van der Waals surface area contributed by atoms with E-state index in [9.17, 15) is 13.2 Å². The van der Waals surface area contributed by atoms with Crippen molar-refractivity contribution in [2.45, 2.75) is 6.36 Å². The lowest BCUT2D eigenvalue weighted by Crippen LogP contribution is -2.17. The van der Waals surface area contributed by atoms with E-state index in [0.29, 0.717) is 5.69 Å². The largest absolute Gasteiger partial charge is 0.573 e. The Balaban J connectivity index is 3.01. The summed E-state index contributed by atoms with van der Waals surface area (Å²) in [7, 11) is 2.87. The van der Waals surface area contributed by atoms with Crippen molar-refractivity contribution in [3.8, 4) is 11.5 Å². The van der Waals surface area contributed by atoms with Crippen LogP contribution >= 0.6 is 0 Å². The molecule has 1 rings (SSSR count). The number of halogens is 3. The Bertz CT molecular complexity index is 339. The Morgan fingerprint density at radius 3 is 2.33 bits per heavy atom. The predicted octanol–water partition coefficient (Wildman–Crippen LogP) is 2.64. The van der Waals surface area contributed by atoms with Crippen molar-refractivity contribution in [1.82, 2.24) is 0 Å². The van der Waals surface area contributed by atoms with Crippen LogP contribution in [0.4, 0.5) is 18.9 Å². The number of nitrogens with one attached hydrogen (secondary N) is 1. The van der Waals surface area contributed by atoms with E-state index in [1.165, 1.54) is 19.2 Å². The molecule has 0 bridgehead atoms. The fraction of sp³-hybridized carbons (Fsp3) is 0.333. The van der Waals surface area contributed by atoms with E-state index in [-0.39, 0.29) is 11.5 Å². The zero-order chi connectivity index (χ0) is 11.5. The van der Waals surface area contributed by atoms with Crippen LogP contribution in [0.3, 0.4) is 0 Å². The number of hydrogen-bond acceptors (Lipinski definition) is 3. The van der Waals surface area contributed by atoms with Gasteiger partial charge in [0, 0.05) is 18.8 Å². The van der Waals surface area contributed by atoms with Crippen LogP contribution in [-0.2, 0) is 0 Å². The maximum atomic E-state index is 12.0. The van der Waals surface area contributed by atoms with Crippen LogP contribution in [-0.4, -0.2) is 20.5 Å². The number of rotatable bonds is 3. The van der Waals surface area contributed by atoms with Gasteiger partial charge in [-0.2, -0.15) is 0 Å². The molecule has 0 fully saturated rings. The van der Waals surface area contributed by atoms with Gasteiger partial charge in [-0.15, -0.1) is 13.2 Å². The fourth-order valence-electron chi connectivity index (χ4n) is 1.04. The van der Waals surface area contributed by atoms with Gasteiger partial charge in [0.15, 0.2) is 11.5 Å². The maximum Gasteiger partial charge on any atom is 0.573 e. The van der Waals surface area contributed by atoms with Crippen LogP contribution in [0.5, 0.6) is 11.5 Å². The van der Waals surface area contributed by atoms with Crippen LogP contribution in [0, 0.1) is 0 Å². The van der Waals surface area contributed by atoms with Gasteiger partial charge in [0.05, 0.1) is 7.11 Å². The summed E-state index contributed by atoms with van der Waals surface area (Å²) in [6.07, 6.45) is -4.72. The first-order valence-electron chi connectivity index (χ1n) is 4.08. The molecule has 15 heavy (non-hydrogen) atoms. The van der Waals surface area contributed by atoms with Crippen LogP contribution in [0.2, 0.25) is 0 Å². The van der Waals surface area contributed by atoms with E-state index in [4.69, 9.17) is 4.74 Å².